The number of hydrogen-bond donors (Lipinski definition) is 0. The van der Waals surface area contributed by atoms with Gasteiger partial charge in [0.1, 0.15) is 5.69 Å². The molecule has 0 amide bonds. The van der Waals surface area contributed by atoms with Crippen LogP contribution in [-0.4, -0.2) is 19.9 Å². The fourth-order valence-corrected chi connectivity index (χ4v) is 1.49. The number of hydrogen-bond acceptors (Lipinski definition) is 4. The molecular formula is C10H13ClN4O. The van der Waals surface area contributed by atoms with E-state index in [0.29, 0.717) is 11.7 Å². The summed E-state index contributed by atoms with van der Waals surface area (Å²) < 4.78 is 6.88. The predicted octanol–water partition coefficient (Wildman–Crippen LogP) is 2.33. The second-order valence-electron chi connectivity index (χ2n) is 3.57. The summed E-state index contributed by atoms with van der Waals surface area (Å²) in [5.41, 5.74) is 1.81. The third-order valence-electron chi connectivity index (χ3n) is 2.31. The molecule has 2 rings (SSSR count). The Bertz CT molecular complexity index is 489. The lowest BCUT2D eigenvalue weighted by Gasteiger charge is -1.93. The summed E-state index contributed by atoms with van der Waals surface area (Å²) in [5, 5.41) is 7.87. The van der Waals surface area contributed by atoms with E-state index in [-0.39, 0.29) is 5.38 Å². The molecule has 2 aromatic heterocycles. The van der Waals surface area contributed by atoms with E-state index in [9.17, 15) is 0 Å². The Balaban J connectivity index is 2.38. The lowest BCUT2D eigenvalue weighted by atomic mass is 10.3. The van der Waals surface area contributed by atoms with Gasteiger partial charge in [0.2, 0.25) is 0 Å². The van der Waals surface area contributed by atoms with Crippen LogP contribution < -0.4 is 0 Å². The van der Waals surface area contributed by atoms with Crippen molar-refractivity contribution in [2.75, 3.05) is 0 Å². The minimum absolute atomic E-state index is 0.253. The molecule has 0 fully saturated rings. The Hall–Kier alpha value is -1.36. The van der Waals surface area contributed by atoms with Gasteiger partial charge in [-0.3, -0.25) is 4.68 Å². The minimum atomic E-state index is -0.253. The summed E-state index contributed by atoms with van der Waals surface area (Å²) in [7, 11) is 1.85. The molecule has 16 heavy (non-hydrogen) atoms. The molecule has 0 radical (unpaired) electrons. The van der Waals surface area contributed by atoms with Gasteiger partial charge in [-0.2, -0.15) is 10.1 Å². The van der Waals surface area contributed by atoms with Gasteiger partial charge in [-0.25, -0.2) is 0 Å². The Labute approximate surface area is 98.4 Å². The topological polar surface area (TPSA) is 56.7 Å². The first kappa shape index (κ1) is 11.1. The summed E-state index contributed by atoms with van der Waals surface area (Å²) >= 11 is 5.87. The van der Waals surface area contributed by atoms with Gasteiger partial charge < -0.3 is 4.52 Å². The number of nitrogens with zero attached hydrogens (tertiary/aromatic N) is 4. The Morgan fingerprint density at radius 1 is 1.56 bits per heavy atom. The molecule has 0 aliphatic heterocycles. The van der Waals surface area contributed by atoms with E-state index in [4.69, 9.17) is 16.1 Å². The summed E-state index contributed by atoms with van der Waals surface area (Å²) in [6, 6.07) is 1.94. The van der Waals surface area contributed by atoms with Crippen molar-refractivity contribution in [3.05, 3.63) is 17.6 Å². The molecule has 0 spiro atoms. The van der Waals surface area contributed by atoms with E-state index in [0.717, 1.165) is 17.8 Å². The molecule has 86 valence electrons. The third-order valence-corrected chi connectivity index (χ3v) is 2.50. The van der Waals surface area contributed by atoms with Gasteiger partial charge in [-0.1, -0.05) is 12.1 Å². The minimum Gasteiger partial charge on any atom is -0.332 e. The lowest BCUT2D eigenvalue weighted by molar-refractivity contribution is 0.419. The molecule has 0 saturated heterocycles. The van der Waals surface area contributed by atoms with Gasteiger partial charge >= 0.3 is 0 Å². The maximum atomic E-state index is 5.87. The molecule has 2 aromatic rings. The van der Waals surface area contributed by atoms with Crippen molar-refractivity contribution in [3.8, 4) is 11.6 Å². The molecular weight excluding hydrogens is 228 g/mol. The van der Waals surface area contributed by atoms with E-state index in [1.807, 2.05) is 20.0 Å². The number of aryl methyl sites for hydroxylation is 2. The smallest absolute Gasteiger partial charge is 0.276 e. The largest absolute Gasteiger partial charge is 0.332 e. The van der Waals surface area contributed by atoms with Crippen molar-refractivity contribution in [1.29, 1.82) is 0 Å². The van der Waals surface area contributed by atoms with Crippen LogP contribution in [0.2, 0.25) is 0 Å². The number of halogens is 1. The van der Waals surface area contributed by atoms with Gasteiger partial charge in [-0.05, 0) is 19.4 Å². The zero-order valence-electron chi connectivity index (χ0n) is 9.44. The van der Waals surface area contributed by atoms with Crippen LogP contribution in [0.25, 0.3) is 11.6 Å². The molecule has 1 unspecified atom stereocenters. The van der Waals surface area contributed by atoms with Crippen molar-refractivity contribution in [1.82, 2.24) is 19.9 Å². The molecule has 0 bridgehead atoms. The van der Waals surface area contributed by atoms with Crippen molar-refractivity contribution >= 4 is 11.6 Å². The van der Waals surface area contributed by atoms with E-state index in [1.54, 1.807) is 11.6 Å². The quantitative estimate of drug-likeness (QED) is 0.773. The maximum absolute atomic E-state index is 5.87. The van der Waals surface area contributed by atoms with Crippen LogP contribution in [0.4, 0.5) is 0 Å². The van der Waals surface area contributed by atoms with Crippen LogP contribution >= 0.6 is 11.6 Å². The van der Waals surface area contributed by atoms with Gasteiger partial charge in [0.15, 0.2) is 5.82 Å². The molecule has 0 aliphatic carbocycles. The first-order valence-corrected chi connectivity index (χ1v) is 5.56. The van der Waals surface area contributed by atoms with E-state index >= 15 is 0 Å². The molecule has 0 saturated carbocycles. The fraction of sp³-hybridized carbons (Fsp3) is 0.500. The van der Waals surface area contributed by atoms with E-state index < -0.39 is 0 Å². The monoisotopic (exact) mass is 240 g/mol. The highest BCUT2D eigenvalue weighted by atomic mass is 35.5. The standard InChI is InChI=1S/C10H13ClN4O/c1-4-7-5-8(15(3)13-7)10-12-9(6(2)11)14-16-10/h5-6H,4H2,1-3H3. The van der Waals surface area contributed by atoms with Crippen LogP contribution in [0.5, 0.6) is 0 Å². The predicted molar refractivity (Wildman–Crippen MR) is 60.1 cm³/mol. The molecule has 6 heteroatoms. The van der Waals surface area contributed by atoms with Crippen molar-refractivity contribution in [2.24, 2.45) is 7.05 Å². The number of alkyl halides is 1. The van der Waals surface area contributed by atoms with E-state index in [1.165, 1.54) is 0 Å². The van der Waals surface area contributed by atoms with E-state index in [2.05, 4.69) is 15.2 Å². The normalized spacial score (nSPS) is 13.0. The maximum Gasteiger partial charge on any atom is 0.276 e. The third kappa shape index (κ3) is 1.95. The average molecular weight is 241 g/mol. The molecule has 2 heterocycles. The summed E-state index contributed by atoms with van der Waals surface area (Å²) in [6.07, 6.45) is 0.876. The van der Waals surface area contributed by atoms with Crippen molar-refractivity contribution < 1.29 is 4.52 Å². The SMILES string of the molecule is CCc1cc(-c2nc(C(C)Cl)no2)n(C)n1. The van der Waals surface area contributed by atoms with Crippen LogP contribution in [0.1, 0.15) is 30.7 Å². The van der Waals surface area contributed by atoms with Crippen molar-refractivity contribution in [3.63, 3.8) is 0 Å². The molecule has 0 aliphatic rings. The van der Waals surface area contributed by atoms with Gasteiger partial charge in [0.05, 0.1) is 11.1 Å². The summed E-state index contributed by atoms with van der Waals surface area (Å²) in [6.45, 7) is 3.85. The first-order chi connectivity index (χ1) is 7.61. The molecule has 0 N–H and O–H groups in total. The Morgan fingerprint density at radius 3 is 2.81 bits per heavy atom. The molecule has 5 nitrogen and oxygen atoms in total. The highest BCUT2D eigenvalue weighted by Crippen LogP contribution is 2.22. The average Bonchev–Trinajstić information content (AvgIpc) is 2.83. The highest BCUT2D eigenvalue weighted by Gasteiger charge is 2.16. The van der Waals surface area contributed by atoms with Crippen LogP contribution in [0.15, 0.2) is 10.6 Å². The second-order valence-corrected chi connectivity index (χ2v) is 4.23. The first-order valence-electron chi connectivity index (χ1n) is 5.12. The van der Waals surface area contributed by atoms with Crippen LogP contribution in [0.3, 0.4) is 0 Å². The van der Waals surface area contributed by atoms with Gasteiger partial charge in [0.25, 0.3) is 5.89 Å². The summed E-state index contributed by atoms with van der Waals surface area (Å²) in [4.78, 5) is 4.22. The number of aromatic nitrogens is 4. The fourth-order valence-electron chi connectivity index (χ4n) is 1.40. The second kappa shape index (κ2) is 4.25. The van der Waals surface area contributed by atoms with Gasteiger partial charge in [-0.15, -0.1) is 11.6 Å². The number of rotatable bonds is 3. The molecule has 0 aromatic carbocycles. The van der Waals surface area contributed by atoms with Crippen molar-refractivity contribution in [2.45, 2.75) is 25.6 Å². The summed E-state index contributed by atoms with van der Waals surface area (Å²) in [5.74, 6) is 0.952. The molecule has 1 atom stereocenters. The van der Waals surface area contributed by atoms with Gasteiger partial charge in [0, 0.05) is 7.05 Å². The lowest BCUT2D eigenvalue weighted by Crippen LogP contribution is -1.94. The highest BCUT2D eigenvalue weighted by molar-refractivity contribution is 6.20. The van der Waals surface area contributed by atoms with Crippen LogP contribution in [-0.2, 0) is 13.5 Å². The Morgan fingerprint density at radius 2 is 2.31 bits per heavy atom. The zero-order chi connectivity index (χ0) is 11.7. The van der Waals surface area contributed by atoms with Crippen LogP contribution in [0, 0.1) is 0 Å². The zero-order valence-corrected chi connectivity index (χ0v) is 10.2. The Kier molecular flexibility index (Phi) is 2.96.